The summed E-state index contributed by atoms with van der Waals surface area (Å²) in [5.74, 6) is 0.623. The fourth-order valence-electron chi connectivity index (χ4n) is 3.35. The molecule has 3 aromatic heterocycles. The largest absolute Gasteiger partial charge is 0.399 e. The van der Waals surface area contributed by atoms with Crippen LogP contribution >= 0.6 is 11.5 Å². The van der Waals surface area contributed by atoms with Gasteiger partial charge in [0.05, 0.1) is 5.69 Å². The molecule has 3 N–H and O–H groups in total. The van der Waals surface area contributed by atoms with Gasteiger partial charge in [0.15, 0.2) is 5.65 Å². The van der Waals surface area contributed by atoms with Crippen LogP contribution < -0.4 is 17.0 Å². The Hall–Kier alpha value is -3.20. The lowest BCUT2D eigenvalue weighted by molar-refractivity contribution is 0.559. The number of nitrogens with two attached hydrogens (primary N) is 1. The minimum atomic E-state index is -0.327. The molecule has 0 aliphatic heterocycles. The first kappa shape index (κ1) is 19.1. The molecule has 0 unspecified atom stereocenters. The highest BCUT2D eigenvalue weighted by atomic mass is 32.1. The zero-order valence-corrected chi connectivity index (χ0v) is 16.9. The van der Waals surface area contributed by atoms with Crippen molar-refractivity contribution in [2.45, 2.75) is 39.3 Å². The third kappa shape index (κ3) is 3.86. The number of anilines is 1. The van der Waals surface area contributed by atoms with Gasteiger partial charge in [0.1, 0.15) is 11.3 Å². The smallest absolute Gasteiger partial charge is 0.332 e. The maximum absolute atomic E-state index is 13.0. The topological polar surface area (TPSA) is 112 Å². The van der Waals surface area contributed by atoms with Crippen molar-refractivity contribution in [2.24, 2.45) is 0 Å². The van der Waals surface area contributed by atoms with Gasteiger partial charge in [-0.15, -0.1) is 0 Å². The number of hydrogen-bond donors (Lipinski definition) is 2. The van der Waals surface area contributed by atoms with Gasteiger partial charge in [0, 0.05) is 30.6 Å². The van der Waals surface area contributed by atoms with Crippen LogP contribution in [-0.2, 0) is 25.9 Å². The molecule has 0 aliphatic rings. The van der Waals surface area contributed by atoms with Gasteiger partial charge in [-0.1, -0.05) is 19.1 Å². The Morgan fingerprint density at radius 2 is 1.90 bits per heavy atom. The molecule has 0 saturated heterocycles. The fraction of sp³-hybridized carbons (Fsp3) is 0.300. The van der Waals surface area contributed by atoms with Gasteiger partial charge >= 0.3 is 5.69 Å². The number of fused-ring (bicyclic) bond motifs is 1. The number of nitrogen functional groups attached to an aromatic ring is 1. The highest BCUT2D eigenvalue weighted by molar-refractivity contribution is 7.03. The molecule has 8 nitrogen and oxygen atoms in total. The predicted molar refractivity (Wildman–Crippen MR) is 114 cm³/mol. The van der Waals surface area contributed by atoms with Crippen LogP contribution in [0.1, 0.15) is 30.4 Å². The molecule has 0 bridgehead atoms. The Morgan fingerprint density at radius 1 is 1.10 bits per heavy atom. The van der Waals surface area contributed by atoms with Crippen molar-refractivity contribution in [1.29, 1.82) is 0 Å². The molecule has 3 heterocycles. The number of aromatic amines is 1. The van der Waals surface area contributed by atoms with Crippen LogP contribution in [-0.4, -0.2) is 23.5 Å². The van der Waals surface area contributed by atoms with E-state index in [0.717, 1.165) is 11.3 Å². The molecule has 0 atom stereocenters. The van der Waals surface area contributed by atoms with E-state index in [9.17, 15) is 9.59 Å². The summed E-state index contributed by atoms with van der Waals surface area (Å²) in [6.45, 7) is 2.73. The maximum atomic E-state index is 13.0. The lowest BCUT2D eigenvalue weighted by Gasteiger charge is -2.11. The summed E-state index contributed by atoms with van der Waals surface area (Å²) in [5.41, 5.74) is 8.49. The first-order chi connectivity index (χ1) is 14.1. The molecule has 9 heteroatoms. The second-order valence-corrected chi connectivity index (χ2v) is 7.60. The third-order valence-corrected chi connectivity index (χ3v) is 5.40. The molecule has 4 rings (SSSR count). The Labute approximate surface area is 170 Å². The number of H-pyrrole nitrogens is 1. The van der Waals surface area contributed by atoms with Crippen LogP contribution in [0.5, 0.6) is 0 Å². The van der Waals surface area contributed by atoms with E-state index in [1.165, 1.54) is 16.1 Å². The molecular formula is C20H22N6O2S. The second-order valence-electron chi connectivity index (χ2n) is 6.93. The highest BCUT2D eigenvalue weighted by Gasteiger charge is 2.17. The van der Waals surface area contributed by atoms with Gasteiger partial charge in [-0.3, -0.25) is 13.9 Å². The Kier molecular flexibility index (Phi) is 5.30. The van der Waals surface area contributed by atoms with Gasteiger partial charge in [-0.25, -0.2) is 9.78 Å². The number of rotatable bonds is 7. The van der Waals surface area contributed by atoms with Crippen molar-refractivity contribution < 1.29 is 0 Å². The number of aromatic nitrogens is 5. The molecule has 0 saturated carbocycles. The van der Waals surface area contributed by atoms with E-state index in [-0.39, 0.29) is 11.2 Å². The van der Waals surface area contributed by atoms with Gasteiger partial charge in [0.2, 0.25) is 0 Å². The molecule has 150 valence electrons. The summed E-state index contributed by atoms with van der Waals surface area (Å²) in [4.78, 5) is 33.6. The minimum Gasteiger partial charge on any atom is -0.399 e. The molecule has 0 radical (unpaired) electrons. The molecule has 1 aromatic carbocycles. The molecular weight excluding hydrogens is 388 g/mol. The summed E-state index contributed by atoms with van der Waals surface area (Å²) in [7, 11) is 0. The summed E-state index contributed by atoms with van der Waals surface area (Å²) in [6.07, 6.45) is 1.81. The summed E-state index contributed by atoms with van der Waals surface area (Å²) in [6, 6.07) is 9.48. The van der Waals surface area contributed by atoms with Gasteiger partial charge in [-0.2, -0.15) is 4.37 Å². The number of hydrogen-bond acceptors (Lipinski definition) is 6. The number of imidazole rings is 1. The van der Waals surface area contributed by atoms with Crippen LogP contribution in [0.15, 0.2) is 45.3 Å². The fourth-order valence-corrected chi connectivity index (χ4v) is 3.89. The summed E-state index contributed by atoms with van der Waals surface area (Å²) >= 11 is 1.37. The first-order valence-electron chi connectivity index (χ1n) is 9.52. The number of nitrogens with one attached hydrogen (secondary N) is 1. The van der Waals surface area contributed by atoms with Gasteiger partial charge in [0.25, 0.3) is 5.56 Å². The Morgan fingerprint density at radius 3 is 2.59 bits per heavy atom. The lowest BCUT2D eigenvalue weighted by Crippen LogP contribution is -2.40. The minimum absolute atomic E-state index is 0.326. The van der Waals surface area contributed by atoms with Gasteiger partial charge in [-0.05, 0) is 48.1 Å². The number of nitrogens with zero attached hydrogens (tertiary/aromatic N) is 4. The Bertz CT molecular complexity index is 1240. The van der Waals surface area contributed by atoms with Crippen molar-refractivity contribution in [3.63, 3.8) is 0 Å². The van der Waals surface area contributed by atoms with E-state index >= 15 is 0 Å². The zero-order valence-electron chi connectivity index (χ0n) is 16.1. The normalized spacial score (nSPS) is 11.3. The average Bonchev–Trinajstić information content (AvgIpc) is 3.37. The molecule has 4 aromatic rings. The van der Waals surface area contributed by atoms with Crippen LogP contribution in [0.2, 0.25) is 0 Å². The molecule has 0 aliphatic carbocycles. The standard InChI is InChI=1S/C20H22N6O2S/c1-2-9-26-19(27)17-18(23-16(22-17)12-15-8-11-29-24-15)25(20(26)28)10-7-13-3-5-14(21)6-4-13/h3-6,8,11H,2,7,9-10,12,21H2,1H3,(H,22,23). The third-order valence-electron chi connectivity index (χ3n) is 4.80. The first-order valence-corrected chi connectivity index (χ1v) is 10.4. The quantitative estimate of drug-likeness (QED) is 0.454. The van der Waals surface area contributed by atoms with E-state index in [1.54, 1.807) is 4.57 Å². The SMILES string of the molecule is CCCn1c(=O)c2[nH]c(Cc3ccsn3)nc2n(CCc2ccc(N)cc2)c1=O. The van der Waals surface area contributed by atoms with Crippen LogP contribution in [0, 0.1) is 0 Å². The number of aryl methyl sites for hydroxylation is 2. The van der Waals surface area contributed by atoms with Crippen molar-refractivity contribution >= 4 is 28.4 Å². The summed E-state index contributed by atoms with van der Waals surface area (Å²) < 4.78 is 7.17. The van der Waals surface area contributed by atoms with Crippen molar-refractivity contribution in [3.8, 4) is 0 Å². The molecule has 0 spiro atoms. The van der Waals surface area contributed by atoms with E-state index in [4.69, 9.17) is 5.73 Å². The highest BCUT2D eigenvalue weighted by Crippen LogP contribution is 2.12. The van der Waals surface area contributed by atoms with Crippen LogP contribution in [0.3, 0.4) is 0 Å². The van der Waals surface area contributed by atoms with Crippen molar-refractivity contribution in [3.05, 3.63) is 73.6 Å². The van der Waals surface area contributed by atoms with E-state index in [1.807, 2.05) is 42.6 Å². The molecule has 0 amide bonds. The van der Waals surface area contributed by atoms with Crippen molar-refractivity contribution in [2.75, 3.05) is 5.73 Å². The monoisotopic (exact) mass is 410 g/mol. The zero-order chi connectivity index (χ0) is 20.4. The van der Waals surface area contributed by atoms with E-state index in [2.05, 4.69) is 14.3 Å². The molecule has 29 heavy (non-hydrogen) atoms. The van der Waals surface area contributed by atoms with Crippen LogP contribution in [0.4, 0.5) is 5.69 Å². The maximum Gasteiger partial charge on any atom is 0.332 e. The van der Waals surface area contributed by atoms with Crippen molar-refractivity contribution in [1.82, 2.24) is 23.5 Å². The average molecular weight is 411 g/mol. The van der Waals surface area contributed by atoms with E-state index in [0.29, 0.717) is 55.0 Å². The Balaban J connectivity index is 1.77. The van der Waals surface area contributed by atoms with Gasteiger partial charge < -0.3 is 10.7 Å². The summed E-state index contributed by atoms with van der Waals surface area (Å²) in [5, 5.41) is 1.90. The van der Waals surface area contributed by atoms with Crippen LogP contribution in [0.25, 0.3) is 11.2 Å². The predicted octanol–water partition coefficient (Wildman–Crippen LogP) is 2.17. The second kappa shape index (κ2) is 8.04. The van der Waals surface area contributed by atoms with E-state index < -0.39 is 0 Å². The molecule has 0 fully saturated rings. The lowest BCUT2D eigenvalue weighted by atomic mass is 10.1. The number of benzene rings is 1.